The summed E-state index contributed by atoms with van der Waals surface area (Å²) in [5.74, 6) is -2.76. The Labute approximate surface area is 236 Å². The average Bonchev–Trinajstić information content (AvgIpc) is 3.21. The number of anilines is 1. The highest BCUT2D eigenvalue weighted by Gasteiger charge is 2.38. The molecule has 0 aliphatic carbocycles. The first-order valence-corrected chi connectivity index (χ1v) is 13.7. The number of unbranched alkanes of at least 4 members (excludes halogenated alkanes) is 1. The van der Waals surface area contributed by atoms with Crippen LogP contribution in [0.1, 0.15) is 55.5 Å². The number of carboxylic acid groups (broad SMARTS) is 1. The van der Waals surface area contributed by atoms with Gasteiger partial charge in [-0.05, 0) is 73.7 Å². The lowest BCUT2D eigenvalue weighted by Crippen LogP contribution is -2.29. The van der Waals surface area contributed by atoms with Crippen LogP contribution in [-0.2, 0) is 11.3 Å². The summed E-state index contributed by atoms with van der Waals surface area (Å²) in [5.41, 5.74) is 8.48. The van der Waals surface area contributed by atoms with E-state index in [1.165, 1.54) is 41.6 Å². The molecule has 0 spiro atoms. The van der Waals surface area contributed by atoms with E-state index >= 15 is 0 Å². The molecule has 0 saturated carbocycles. The molecule has 7 nitrogen and oxygen atoms in total. The Hall–Kier alpha value is -3.37. The Bertz CT molecular complexity index is 1370. The minimum Gasteiger partial charge on any atom is -0.475 e. The number of hydrogen-bond acceptors (Lipinski definition) is 5. The molecule has 0 fully saturated rings. The molecular formula is C29H33ClF3N5O2. The molecule has 3 aromatic rings. The van der Waals surface area contributed by atoms with Crippen LogP contribution in [0.2, 0.25) is 5.02 Å². The Balaban J connectivity index is 0.000000470. The quantitative estimate of drug-likeness (QED) is 0.330. The number of alkyl halides is 3. The van der Waals surface area contributed by atoms with Gasteiger partial charge < -0.3 is 10.4 Å². The second-order valence-electron chi connectivity index (χ2n) is 9.98. The molecule has 5 rings (SSSR count). The number of carboxylic acids is 1. The van der Waals surface area contributed by atoms with Gasteiger partial charge in [-0.1, -0.05) is 54.4 Å². The van der Waals surface area contributed by atoms with Crippen molar-refractivity contribution in [1.82, 2.24) is 19.9 Å². The summed E-state index contributed by atoms with van der Waals surface area (Å²) >= 11 is 6.27. The maximum absolute atomic E-state index is 10.6. The zero-order valence-corrected chi connectivity index (χ0v) is 23.3. The van der Waals surface area contributed by atoms with Crippen LogP contribution in [0.15, 0.2) is 48.5 Å². The fraction of sp³-hybridized carbons (Fsp3) is 0.414. The van der Waals surface area contributed by atoms with Gasteiger partial charge in [0, 0.05) is 35.9 Å². The molecule has 2 N–H and O–H groups in total. The van der Waals surface area contributed by atoms with Gasteiger partial charge in [-0.2, -0.15) is 13.2 Å². The molecule has 2 aromatic carbocycles. The van der Waals surface area contributed by atoms with Crippen molar-refractivity contribution in [3.05, 3.63) is 70.4 Å². The van der Waals surface area contributed by atoms with Gasteiger partial charge in [0.1, 0.15) is 0 Å². The third-order valence-corrected chi connectivity index (χ3v) is 7.35. The summed E-state index contributed by atoms with van der Waals surface area (Å²) in [6, 6.07) is 15.1. The number of halogens is 4. The molecule has 11 heteroatoms. The second-order valence-corrected chi connectivity index (χ2v) is 10.4. The summed E-state index contributed by atoms with van der Waals surface area (Å²) in [7, 11) is 0. The molecule has 0 bridgehead atoms. The fourth-order valence-electron chi connectivity index (χ4n) is 5.05. The van der Waals surface area contributed by atoms with Crippen LogP contribution in [-0.4, -0.2) is 56.8 Å². The van der Waals surface area contributed by atoms with E-state index in [-0.39, 0.29) is 6.04 Å². The molecule has 1 unspecified atom stereocenters. The first kappa shape index (κ1) is 29.6. The summed E-state index contributed by atoms with van der Waals surface area (Å²) < 4.78 is 33.8. The monoisotopic (exact) mass is 575 g/mol. The first-order valence-electron chi connectivity index (χ1n) is 13.3. The van der Waals surface area contributed by atoms with Crippen LogP contribution in [0.4, 0.5) is 18.9 Å². The summed E-state index contributed by atoms with van der Waals surface area (Å²) in [6.07, 6.45) is 1.91. The van der Waals surface area contributed by atoms with Gasteiger partial charge in [-0.25, -0.2) is 9.48 Å². The van der Waals surface area contributed by atoms with E-state index < -0.39 is 12.1 Å². The van der Waals surface area contributed by atoms with Crippen molar-refractivity contribution in [2.45, 2.75) is 58.3 Å². The van der Waals surface area contributed by atoms with Crippen LogP contribution in [0.25, 0.3) is 16.8 Å². The largest absolute Gasteiger partial charge is 0.490 e. The van der Waals surface area contributed by atoms with Crippen molar-refractivity contribution in [2.24, 2.45) is 0 Å². The van der Waals surface area contributed by atoms with E-state index in [4.69, 9.17) is 21.5 Å². The number of rotatable bonds is 6. The molecule has 3 heterocycles. The number of aryl methyl sites for hydroxylation is 2. The van der Waals surface area contributed by atoms with E-state index in [0.717, 1.165) is 54.6 Å². The number of hydrogen-bond donors (Lipinski definition) is 2. The number of fused-ring (bicyclic) bond motifs is 3. The molecule has 0 amide bonds. The van der Waals surface area contributed by atoms with Crippen molar-refractivity contribution in [2.75, 3.05) is 25.0 Å². The van der Waals surface area contributed by atoms with Crippen molar-refractivity contribution >= 4 is 28.8 Å². The maximum Gasteiger partial charge on any atom is 0.490 e. The zero-order chi connectivity index (χ0) is 28.9. The predicted molar refractivity (Wildman–Crippen MR) is 150 cm³/mol. The Morgan fingerprint density at radius 1 is 1.20 bits per heavy atom. The SMILES string of the molecule is CCCCN1CC=C(c2ccc3c(c2)C(Nc2cccc(Cl)c2)CCn2nnc(C)c2-3)CC1.O=C(O)C(F)(F)F. The number of carbonyl (C=O) groups is 1. The lowest BCUT2D eigenvalue weighted by molar-refractivity contribution is -0.192. The van der Waals surface area contributed by atoms with Gasteiger partial charge >= 0.3 is 12.1 Å². The second kappa shape index (κ2) is 12.9. The number of nitrogens with zero attached hydrogens (tertiary/aromatic N) is 4. The van der Waals surface area contributed by atoms with Crippen LogP contribution >= 0.6 is 11.6 Å². The minimum absolute atomic E-state index is 0.171. The van der Waals surface area contributed by atoms with Crippen molar-refractivity contribution in [3.63, 3.8) is 0 Å². The Morgan fingerprint density at radius 2 is 1.98 bits per heavy atom. The molecule has 2 aliphatic rings. The van der Waals surface area contributed by atoms with E-state index in [9.17, 15) is 13.2 Å². The highest BCUT2D eigenvalue weighted by atomic mass is 35.5. The van der Waals surface area contributed by atoms with Gasteiger partial charge in [-0.3, -0.25) is 4.90 Å². The predicted octanol–water partition coefficient (Wildman–Crippen LogP) is 6.99. The summed E-state index contributed by atoms with van der Waals surface area (Å²) in [6.45, 7) is 8.53. The van der Waals surface area contributed by atoms with Gasteiger partial charge in [0.2, 0.25) is 0 Å². The van der Waals surface area contributed by atoms with Gasteiger partial charge in [0.25, 0.3) is 0 Å². The van der Waals surface area contributed by atoms with Crippen LogP contribution < -0.4 is 5.32 Å². The van der Waals surface area contributed by atoms with Crippen LogP contribution in [0.3, 0.4) is 0 Å². The normalized spacial score (nSPS) is 17.1. The third-order valence-electron chi connectivity index (χ3n) is 7.12. The van der Waals surface area contributed by atoms with E-state index in [0.29, 0.717) is 0 Å². The minimum atomic E-state index is -5.08. The molecule has 1 aromatic heterocycles. The van der Waals surface area contributed by atoms with Crippen molar-refractivity contribution in [1.29, 1.82) is 0 Å². The first-order chi connectivity index (χ1) is 19.1. The van der Waals surface area contributed by atoms with Gasteiger partial charge in [-0.15, -0.1) is 5.10 Å². The maximum atomic E-state index is 10.6. The van der Waals surface area contributed by atoms with Crippen molar-refractivity contribution in [3.8, 4) is 11.3 Å². The van der Waals surface area contributed by atoms with E-state index in [1.54, 1.807) is 0 Å². The highest BCUT2D eigenvalue weighted by molar-refractivity contribution is 6.30. The molecule has 214 valence electrons. The Kier molecular flexibility index (Phi) is 9.52. The Morgan fingerprint density at radius 3 is 2.62 bits per heavy atom. The number of aliphatic carboxylic acids is 1. The van der Waals surface area contributed by atoms with Crippen LogP contribution in [0, 0.1) is 6.92 Å². The molecule has 1 atom stereocenters. The molecular weight excluding hydrogens is 543 g/mol. The third kappa shape index (κ3) is 7.22. The molecule has 40 heavy (non-hydrogen) atoms. The van der Waals surface area contributed by atoms with E-state index in [1.807, 2.05) is 18.2 Å². The zero-order valence-electron chi connectivity index (χ0n) is 22.5. The summed E-state index contributed by atoms with van der Waals surface area (Å²) in [5, 5.41) is 20.4. The molecule has 2 aliphatic heterocycles. The standard InChI is InChI=1S/C27H32ClN5.C2HF3O2/c1-3-4-13-32-14-10-20(11-15-32)21-8-9-24-25(17-21)26(29-23-7-5-6-22(28)18-23)12-16-33-27(24)19(2)30-31-33;3-2(4,5)1(6)7/h5-10,17-18,26,29H,3-4,11-16H2,1-2H3;(H,6,7). The lowest BCUT2D eigenvalue weighted by Gasteiger charge is -2.27. The van der Waals surface area contributed by atoms with E-state index in [2.05, 4.69) is 69.4 Å². The van der Waals surface area contributed by atoms with Crippen molar-refractivity contribution < 1.29 is 23.1 Å². The lowest BCUT2D eigenvalue weighted by atomic mass is 9.90. The van der Waals surface area contributed by atoms with Gasteiger partial charge in [0.15, 0.2) is 0 Å². The van der Waals surface area contributed by atoms with Crippen LogP contribution in [0.5, 0.6) is 0 Å². The number of nitrogens with one attached hydrogen (secondary N) is 1. The topological polar surface area (TPSA) is 83.3 Å². The summed E-state index contributed by atoms with van der Waals surface area (Å²) in [4.78, 5) is 11.5. The number of aromatic nitrogens is 3. The smallest absolute Gasteiger partial charge is 0.475 e. The van der Waals surface area contributed by atoms with Gasteiger partial charge in [0.05, 0.1) is 17.4 Å². The number of benzene rings is 2. The molecule has 0 saturated heterocycles. The highest BCUT2D eigenvalue weighted by Crippen LogP contribution is 2.39. The average molecular weight is 576 g/mol. The fourth-order valence-corrected chi connectivity index (χ4v) is 5.24. The molecule has 0 radical (unpaired) electrons.